The minimum atomic E-state index is -0.655. The molecule has 0 aliphatic carbocycles. The third-order valence-corrected chi connectivity index (χ3v) is 3.19. The number of anilines is 1. The number of amides is 2. The van der Waals surface area contributed by atoms with Gasteiger partial charge in [-0.05, 0) is 30.7 Å². The van der Waals surface area contributed by atoms with Crippen molar-refractivity contribution in [3.63, 3.8) is 0 Å². The van der Waals surface area contributed by atoms with Crippen molar-refractivity contribution < 1.29 is 19.2 Å². The van der Waals surface area contributed by atoms with Gasteiger partial charge in [0.2, 0.25) is 0 Å². The van der Waals surface area contributed by atoms with Gasteiger partial charge in [0.05, 0.1) is 16.2 Å². The molecule has 2 amide bonds. The molecule has 0 aliphatic rings. The number of non-ortho nitro benzene ring substituents is 1. The maximum Gasteiger partial charge on any atom is 0.269 e. The molecular formula is C16H15N3O5. The van der Waals surface area contributed by atoms with Crippen molar-refractivity contribution in [2.24, 2.45) is 5.73 Å². The molecule has 2 aromatic rings. The zero-order valence-electron chi connectivity index (χ0n) is 12.8. The number of primary amides is 1. The van der Waals surface area contributed by atoms with Crippen LogP contribution in [0.25, 0.3) is 0 Å². The fourth-order valence-corrected chi connectivity index (χ4v) is 2.05. The topological polar surface area (TPSA) is 125 Å². The smallest absolute Gasteiger partial charge is 0.269 e. The lowest BCUT2D eigenvalue weighted by Crippen LogP contribution is -2.23. The van der Waals surface area contributed by atoms with Gasteiger partial charge >= 0.3 is 0 Å². The van der Waals surface area contributed by atoms with Crippen molar-refractivity contribution in [3.8, 4) is 5.75 Å². The normalized spacial score (nSPS) is 10.0. The maximum atomic E-state index is 12.0. The van der Waals surface area contributed by atoms with Crippen molar-refractivity contribution >= 4 is 23.2 Å². The quantitative estimate of drug-likeness (QED) is 0.619. The number of aryl methyl sites for hydroxylation is 1. The van der Waals surface area contributed by atoms with Crippen molar-refractivity contribution in [3.05, 3.63) is 63.7 Å². The molecule has 0 heterocycles. The molecular weight excluding hydrogens is 314 g/mol. The highest BCUT2D eigenvalue weighted by Gasteiger charge is 2.12. The van der Waals surface area contributed by atoms with Gasteiger partial charge in [-0.3, -0.25) is 19.7 Å². The number of carbonyl (C=O) groups is 2. The van der Waals surface area contributed by atoms with Gasteiger partial charge in [-0.25, -0.2) is 0 Å². The lowest BCUT2D eigenvalue weighted by molar-refractivity contribution is -0.384. The van der Waals surface area contributed by atoms with Crippen molar-refractivity contribution in [1.29, 1.82) is 0 Å². The Morgan fingerprint density at radius 1 is 1.25 bits per heavy atom. The van der Waals surface area contributed by atoms with E-state index in [1.54, 1.807) is 25.1 Å². The van der Waals surface area contributed by atoms with Crippen LogP contribution in [0.3, 0.4) is 0 Å². The van der Waals surface area contributed by atoms with Crippen LogP contribution in [0.2, 0.25) is 0 Å². The molecule has 0 fully saturated rings. The summed E-state index contributed by atoms with van der Waals surface area (Å²) in [6, 6.07) is 10.4. The molecule has 0 bridgehead atoms. The first-order valence-corrected chi connectivity index (χ1v) is 6.95. The van der Waals surface area contributed by atoms with Crippen LogP contribution in [-0.2, 0) is 4.79 Å². The van der Waals surface area contributed by atoms with Gasteiger partial charge in [-0.1, -0.05) is 12.1 Å². The van der Waals surface area contributed by atoms with E-state index in [9.17, 15) is 19.7 Å². The van der Waals surface area contributed by atoms with E-state index in [4.69, 9.17) is 10.5 Å². The second-order valence-electron chi connectivity index (χ2n) is 4.95. The Kier molecular flexibility index (Phi) is 5.10. The summed E-state index contributed by atoms with van der Waals surface area (Å²) in [7, 11) is 0. The van der Waals surface area contributed by atoms with E-state index in [-0.39, 0.29) is 17.9 Å². The van der Waals surface area contributed by atoms with Crippen LogP contribution >= 0.6 is 0 Å². The van der Waals surface area contributed by atoms with Crippen LogP contribution < -0.4 is 15.8 Å². The number of ether oxygens (including phenoxy) is 1. The summed E-state index contributed by atoms with van der Waals surface area (Å²) in [5.41, 5.74) is 6.20. The van der Waals surface area contributed by atoms with Crippen LogP contribution in [-0.4, -0.2) is 23.3 Å². The van der Waals surface area contributed by atoms with Crippen LogP contribution in [0.5, 0.6) is 5.75 Å². The van der Waals surface area contributed by atoms with Crippen LogP contribution in [0.4, 0.5) is 11.4 Å². The van der Waals surface area contributed by atoms with Crippen molar-refractivity contribution in [1.82, 2.24) is 0 Å². The molecule has 0 saturated carbocycles. The number of rotatable bonds is 6. The number of nitro benzene ring substituents is 1. The molecule has 8 nitrogen and oxygen atoms in total. The van der Waals surface area contributed by atoms with Crippen LogP contribution in [0, 0.1) is 17.0 Å². The van der Waals surface area contributed by atoms with Gasteiger partial charge in [-0.15, -0.1) is 0 Å². The minimum absolute atomic E-state index is 0.0558. The number of nitrogens with one attached hydrogen (secondary N) is 1. The summed E-state index contributed by atoms with van der Waals surface area (Å²) in [6.07, 6.45) is 0. The Hall–Kier alpha value is -3.42. The molecule has 0 aliphatic heterocycles. The van der Waals surface area contributed by atoms with Gasteiger partial charge in [0.25, 0.3) is 17.5 Å². The summed E-state index contributed by atoms with van der Waals surface area (Å²) in [6.45, 7) is 1.33. The van der Waals surface area contributed by atoms with Crippen LogP contribution in [0.15, 0.2) is 42.5 Å². The van der Waals surface area contributed by atoms with Crippen molar-refractivity contribution in [2.45, 2.75) is 6.92 Å². The Balaban J connectivity index is 2.02. The van der Waals surface area contributed by atoms with E-state index in [0.717, 1.165) is 0 Å². The summed E-state index contributed by atoms with van der Waals surface area (Å²) >= 11 is 0. The summed E-state index contributed by atoms with van der Waals surface area (Å²) in [5, 5.41) is 13.2. The molecule has 0 unspecified atom stereocenters. The van der Waals surface area contributed by atoms with Gasteiger partial charge in [-0.2, -0.15) is 0 Å². The van der Waals surface area contributed by atoms with Crippen LogP contribution in [0.1, 0.15) is 15.9 Å². The zero-order chi connectivity index (χ0) is 17.7. The SMILES string of the molecule is Cc1cc([N+](=O)[O-])ccc1OCC(=O)Nc1ccccc1C(N)=O. The van der Waals surface area contributed by atoms with Gasteiger partial charge in [0, 0.05) is 12.1 Å². The number of nitro groups is 1. The number of nitrogens with zero attached hydrogens (tertiary/aromatic N) is 1. The minimum Gasteiger partial charge on any atom is -0.483 e. The lowest BCUT2D eigenvalue weighted by atomic mass is 10.1. The maximum absolute atomic E-state index is 12.0. The number of carbonyl (C=O) groups excluding carboxylic acids is 2. The molecule has 2 rings (SSSR count). The van der Waals surface area contributed by atoms with E-state index in [2.05, 4.69) is 5.32 Å². The molecule has 0 spiro atoms. The first-order chi connectivity index (χ1) is 11.4. The third kappa shape index (κ3) is 4.07. The molecule has 3 N–H and O–H groups in total. The first-order valence-electron chi connectivity index (χ1n) is 6.95. The Morgan fingerprint density at radius 2 is 1.96 bits per heavy atom. The predicted octanol–water partition coefficient (Wildman–Crippen LogP) is 2.02. The Bertz CT molecular complexity index is 804. The number of benzene rings is 2. The van der Waals surface area contributed by atoms with E-state index < -0.39 is 16.7 Å². The molecule has 0 saturated heterocycles. The Morgan fingerprint density at radius 3 is 2.58 bits per heavy atom. The second-order valence-corrected chi connectivity index (χ2v) is 4.95. The highest BCUT2D eigenvalue weighted by molar-refractivity contribution is 6.03. The fraction of sp³-hybridized carbons (Fsp3) is 0.125. The molecule has 2 aromatic carbocycles. The Labute approximate surface area is 137 Å². The highest BCUT2D eigenvalue weighted by Crippen LogP contribution is 2.23. The monoisotopic (exact) mass is 329 g/mol. The number of para-hydroxylation sites is 1. The third-order valence-electron chi connectivity index (χ3n) is 3.19. The number of hydrogen-bond acceptors (Lipinski definition) is 5. The fourth-order valence-electron chi connectivity index (χ4n) is 2.05. The largest absolute Gasteiger partial charge is 0.483 e. The second kappa shape index (κ2) is 7.23. The molecule has 0 radical (unpaired) electrons. The van der Waals surface area contributed by atoms with E-state index in [1.165, 1.54) is 24.3 Å². The zero-order valence-corrected chi connectivity index (χ0v) is 12.8. The number of nitrogens with two attached hydrogens (primary N) is 1. The predicted molar refractivity (Wildman–Crippen MR) is 86.9 cm³/mol. The van der Waals surface area contributed by atoms with E-state index in [0.29, 0.717) is 17.0 Å². The average molecular weight is 329 g/mol. The van der Waals surface area contributed by atoms with Gasteiger partial charge in [0.15, 0.2) is 6.61 Å². The molecule has 0 atom stereocenters. The molecule has 124 valence electrons. The van der Waals surface area contributed by atoms with Crippen molar-refractivity contribution in [2.75, 3.05) is 11.9 Å². The molecule has 24 heavy (non-hydrogen) atoms. The summed E-state index contributed by atoms with van der Waals surface area (Å²) < 4.78 is 5.36. The summed E-state index contributed by atoms with van der Waals surface area (Å²) in [4.78, 5) is 33.4. The van der Waals surface area contributed by atoms with Gasteiger partial charge < -0.3 is 15.8 Å². The average Bonchev–Trinajstić information content (AvgIpc) is 2.53. The lowest BCUT2D eigenvalue weighted by Gasteiger charge is -2.11. The summed E-state index contributed by atoms with van der Waals surface area (Å²) in [5.74, 6) is -0.779. The molecule has 8 heteroatoms. The van der Waals surface area contributed by atoms with E-state index >= 15 is 0 Å². The molecule has 0 aromatic heterocycles. The standard InChI is InChI=1S/C16H15N3O5/c1-10-8-11(19(22)23)6-7-14(10)24-9-15(20)18-13-5-3-2-4-12(13)16(17)21/h2-8H,9H2,1H3,(H2,17,21)(H,18,20). The van der Waals surface area contributed by atoms with E-state index in [1.807, 2.05) is 0 Å². The van der Waals surface area contributed by atoms with Gasteiger partial charge in [0.1, 0.15) is 5.75 Å². The highest BCUT2D eigenvalue weighted by atomic mass is 16.6. The first kappa shape index (κ1) is 16.9. The number of hydrogen-bond donors (Lipinski definition) is 2.